The van der Waals surface area contributed by atoms with E-state index in [4.69, 9.17) is 18.9 Å². The van der Waals surface area contributed by atoms with Crippen LogP contribution in [-0.4, -0.2) is 49.9 Å². The van der Waals surface area contributed by atoms with Crippen molar-refractivity contribution in [1.29, 1.82) is 0 Å². The number of amides is 2. The van der Waals surface area contributed by atoms with Gasteiger partial charge in [0.15, 0.2) is 11.5 Å². The van der Waals surface area contributed by atoms with Crippen LogP contribution < -0.4 is 29.6 Å². The van der Waals surface area contributed by atoms with Crippen LogP contribution in [0.5, 0.6) is 23.0 Å². The maximum absolute atomic E-state index is 12.9. The van der Waals surface area contributed by atoms with E-state index in [-0.39, 0.29) is 11.8 Å². The number of nitrogens with one attached hydrogen (secondary N) is 2. The van der Waals surface area contributed by atoms with Crippen molar-refractivity contribution in [2.24, 2.45) is 7.05 Å². The number of rotatable bonds is 6. The van der Waals surface area contributed by atoms with Crippen LogP contribution in [0.2, 0.25) is 0 Å². The molecule has 2 amide bonds. The third-order valence-electron chi connectivity index (χ3n) is 5.34. The van der Waals surface area contributed by atoms with Crippen LogP contribution >= 0.6 is 0 Å². The Balaban J connectivity index is 1.49. The fourth-order valence-electron chi connectivity index (χ4n) is 3.59. The molecule has 2 heterocycles. The third-order valence-corrected chi connectivity index (χ3v) is 5.34. The molecule has 1 aliphatic heterocycles. The van der Waals surface area contributed by atoms with Crippen molar-refractivity contribution in [2.75, 3.05) is 32.8 Å². The Morgan fingerprint density at radius 1 is 1.03 bits per heavy atom. The first-order valence-corrected chi connectivity index (χ1v) is 10.1. The molecule has 4 rings (SSSR count). The Hall–Kier alpha value is -3.88. The largest absolute Gasteiger partial charge is 0.497 e. The summed E-state index contributed by atoms with van der Waals surface area (Å²) in [5.74, 6) is 1.69. The van der Waals surface area contributed by atoms with Crippen LogP contribution in [0.25, 0.3) is 10.9 Å². The molecular formula is C23H25N3O6. The quantitative estimate of drug-likeness (QED) is 0.613. The monoisotopic (exact) mass is 439 g/mol. The maximum Gasteiger partial charge on any atom is 0.268 e. The Bertz CT molecular complexity index is 1190. The van der Waals surface area contributed by atoms with Crippen LogP contribution in [0.1, 0.15) is 17.4 Å². The number of aryl methyl sites for hydroxylation is 1. The first-order chi connectivity index (χ1) is 15.4. The highest BCUT2D eigenvalue weighted by Gasteiger charge is 2.22. The number of hydrogen-bond donors (Lipinski definition) is 2. The number of anilines is 1. The van der Waals surface area contributed by atoms with Gasteiger partial charge in [0.05, 0.1) is 19.7 Å². The lowest BCUT2D eigenvalue weighted by molar-refractivity contribution is -0.117. The van der Waals surface area contributed by atoms with Crippen molar-refractivity contribution >= 4 is 28.4 Å². The molecule has 2 N–H and O–H groups in total. The molecule has 32 heavy (non-hydrogen) atoms. The number of carbonyl (C=O) groups is 2. The lowest BCUT2D eigenvalue weighted by atomic mass is 10.2. The third kappa shape index (κ3) is 4.01. The number of benzene rings is 2. The van der Waals surface area contributed by atoms with E-state index in [9.17, 15) is 9.59 Å². The van der Waals surface area contributed by atoms with E-state index in [2.05, 4.69) is 10.6 Å². The highest BCUT2D eigenvalue weighted by molar-refractivity contribution is 6.04. The number of carbonyl (C=O) groups excluding carboxylic acids is 2. The van der Waals surface area contributed by atoms with Crippen LogP contribution in [0, 0.1) is 0 Å². The molecule has 168 valence electrons. The topological polar surface area (TPSA) is 100 Å². The van der Waals surface area contributed by atoms with Crippen molar-refractivity contribution < 1.29 is 28.5 Å². The lowest BCUT2D eigenvalue weighted by Crippen LogP contribution is -2.42. The summed E-state index contributed by atoms with van der Waals surface area (Å²) >= 11 is 0. The zero-order valence-corrected chi connectivity index (χ0v) is 18.4. The summed E-state index contributed by atoms with van der Waals surface area (Å²) in [7, 11) is 4.90. The molecule has 0 bridgehead atoms. The minimum atomic E-state index is -0.773. The van der Waals surface area contributed by atoms with Gasteiger partial charge in [0, 0.05) is 36.3 Å². The van der Waals surface area contributed by atoms with Gasteiger partial charge in [-0.3, -0.25) is 9.59 Å². The molecule has 0 fully saturated rings. The van der Waals surface area contributed by atoms with Gasteiger partial charge in [0.25, 0.3) is 5.91 Å². The summed E-state index contributed by atoms with van der Waals surface area (Å²) < 4.78 is 23.5. The zero-order valence-electron chi connectivity index (χ0n) is 18.4. The van der Waals surface area contributed by atoms with Gasteiger partial charge in [0.1, 0.15) is 36.4 Å². The number of aromatic nitrogens is 1. The van der Waals surface area contributed by atoms with Crippen LogP contribution in [0.4, 0.5) is 5.69 Å². The molecule has 1 aromatic heterocycles. The summed E-state index contributed by atoms with van der Waals surface area (Å²) in [5, 5.41) is 6.31. The van der Waals surface area contributed by atoms with Crippen molar-refractivity contribution in [3.8, 4) is 23.0 Å². The molecular weight excluding hydrogens is 414 g/mol. The number of ether oxygens (including phenoxy) is 4. The van der Waals surface area contributed by atoms with Gasteiger partial charge in [0.2, 0.25) is 5.91 Å². The average molecular weight is 439 g/mol. The van der Waals surface area contributed by atoms with Crippen molar-refractivity contribution in [1.82, 2.24) is 9.88 Å². The average Bonchev–Trinajstić information content (AvgIpc) is 3.14. The molecule has 9 nitrogen and oxygen atoms in total. The second-order valence-corrected chi connectivity index (χ2v) is 7.39. The van der Waals surface area contributed by atoms with E-state index >= 15 is 0 Å². The molecule has 0 saturated carbocycles. The van der Waals surface area contributed by atoms with E-state index in [1.165, 1.54) is 0 Å². The first-order valence-electron chi connectivity index (χ1n) is 10.1. The second-order valence-electron chi connectivity index (χ2n) is 7.39. The summed E-state index contributed by atoms with van der Waals surface area (Å²) in [6.45, 7) is 2.57. The molecule has 0 spiro atoms. The lowest BCUT2D eigenvalue weighted by Gasteiger charge is -2.19. The van der Waals surface area contributed by atoms with Gasteiger partial charge < -0.3 is 34.1 Å². The predicted molar refractivity (Wildman–Crippen MR) is 119 cm³/mol. The van der Waals surface area contributed by atoms with Crippen LogP contribution in [-0.2, 0) is 11.8 Å². The van der Waals surface area contributed by atoms with Crippen molar-refractivity contribution in [2.45, 2.75) is 13.0 Å². The van der Waals surface area contributed by atoms with E-state index in [1.807, 2.05) is 6.07 Å². The highest BCUT2D eigenvalue weighted by atomic mass is 16.6. The van der Waals surface area contributed by atoms with Crippen LogP contribution in [0.3, 0.4) is 0 Å². The Morgan fingerprint density at radius 2 is 1.78 bits per heavy atom. The smallest absolute Gasteiger partial charge is 0.268 e. The van der Waals surface area contributed by atoms with Gasteiger partial charge in [-0.05, 0) is 25.1 Å². The minimum Gasteiger partial charge on any atom is -0.497 e. The Kier molecular flexibility index (Phi) is 5.81. The Labute approximate surface area is 185 Å². The summed E-state index contributed by atoms with van der Waals surface area (Å²) in [5.41, 5.74) is 1.73. The molecule has 0 radical (unpaired) electrons. The molecule has 1 unspecified atom stereocenters. The van der Waals surface area contributed by atoms with E-state index in [0.29, 0.717) is 47.6 Å². The normalized spacial score (nSPS) is 13.4. The maximum atomic E-state index is 12.9. The number of fused-ring (bicyclic) bond motifs is 2. The predicted octanol–water partition coefficient (Wildman–Crippen LogP) is 2.72. The van der Waals surface area contributed by atoms with Gasteiger partial charge in [-0.1, -0.05) is 0 Å². The van der Waals surface area contributed by atoms with Gasteiger partial charge >= 0.3 is 0 Å². The van der Waals surface area contributed by atoms with E-state index < -0.39 is 6.04 Å². The fraction of sp³-hybridized carbons (Fsp3) is 0.304. The standard InChI is InChI=1S/C23H25N3O6/c1-13(22(27)25-14-5-6-19-21(9-14)32-8-7-31-19)24-23(28)18-12-16-17(26(18)2)10-15(29-3)11-20(16)30-4/h5-6,9-13H,7-8H2,1-4H3,(H,24,28)(H,25,27). The number of nitrogens with zero attached hydrogens (tertiary/aromatic N) is 1. The molecule has 3 aromatic rings. The van der Waals surface area contributed by atoms with Crippen LogP contribution in [0.15, 0.2) is 36.4 Å². The second kappa shape index (κ2) is 8.70. The number of hydrogen-bond acceptors (Lipinski definition) is 6. The van der Waals surface area contributed by atoms with Gasteiger partial charge in [-0.15, -0.1) is 0 Å². The number of methoxy groups -OCH3 is 2. The summed E-state index contributed by atoms with van der Waals surface area (Å²) in [6.07, 6.45) is 0. The van der Waals surface area contributed by atoms with E-state index in [0.717, 1.165) is 10.9 Å². The molecule has 2 aromatic carbocycles. The minimum absolute atomic E-state index is 0.354. The van der Waals surface area contributed by atoms with Gasteiger partial charge in [-0.25, -0.2) is 0 Å². The first kappa shape index (κ1) is 21.4. The molecule has 0 aliphatic carbocycles. The fourth-order valence-corrected chi connectivity index (χ4v) is 3.59. The van der Waals surface area contributed by atoms with Gasteiger partial charge in [-0.2, -0.15) is 0 Å². The zero-order chi connectivity index (χ0) is 22.8. The van der Waals surface area contributed by atoms with Crippen molar-refractivity contribution in [3.05, 3.63) is 42.1 Å². The molecule has 9 heteroatoms. The Morgan fingerprint density at radius 3 is 2.50 bits per heavy atom. The molecule has 1 atom stereocenters. The SMILES string of the molecule is COc1cc(OC)c2cc(C(=O)NC(C)C(=O)Nc3ccc4c(c3)OCCO4)n(C)c2c1. The van der Waals surface area contributed by atoms with Crippen molar-refractivity contribution in [3.63, 3.8) is 0 Å². The van der Waals surface area contributed by atoms with E-state index in [1.54, 1.807) is 63.1 Å². The molecule has 1 aliphatic rings. The summed E-state index contributed by atoms with van der Waals surface area (Å²) in [6, 6.07) is 9.71. The highest BCUT2D eigenvalue weighted by Crippen LogP contribution is 2.34. The summed E-state index contributed by atoms with van der Waals surface area (Å²) in [4.78, 5) is 25.6. The molecule has 0 saturated heterocycles.